The molecule has 0 aliphatic carbocycles. The lowest BCUT2D eigenvalue weighted by atomic mass is 10.0. The molecule has 5 nitrogen and oxygen atoms in total. The Morgan fingerprint density at radius 3 is 2.47 bits per heavy atom. The number of likely N-dealkylation sites (N-methyl/N-ethyl adjacent to an activating group) is 1. The van der Waals surface area contributed by atoms with E-state index in [0.717, 1.165) is 41.3 Å². The SMILES string of the molecule is CN1CCc2c(sc3c2CN(C(=O)NCc2ccc(F)cc2)[C@@H](c2ccc(F)cc2)c2cccn2-3)C1. The summed E-state index contributed by atoms with van der Waals surface area (Å²) in [7, 11) is 2.13. The number of halogens is 2. The first-order valence-electron chi connectivity index (χ1n) is 12.0. The zero-order chi connectivity index (χ0) is 24.8. The van der Waals surface area contributed by atoms with Crippen LogP contribution in [-0.4, -0.2) is 34.0 Å². The van der Waals surface area contributed by atoms with E-state index in [-0.39, 0.29) is 24.2 Å². The van der Waals surface area contributed by atoms with E-state index in [0.29, 0.717) is 6.54 Å². The predicted octanol–water partition coefficient (Wildman–Crippen LogP) is 5.62. The molecule has 184 valence electrons. The van der Waals surface area contributed by atoms with Crippen molar-refractivity contribution < 1.29 is 13.6 Å². The quantitative estimate of drug-likeness (QED) is 0.394. The maximum Gasteiger partial charge on any atom is 0.318 e. The Kier molecular flexibility index (Phi) is 5.85. The number of rotatable bonds is 3. The van der Waals surface area contributed by atoms with Gasteiger partial charge in [-0.05, 0) is 66.6 Å². The average molecular weight is 505 g/mol. The molecule has 6 rings (SSSR count). The molecule has 8 heteroatoms. The molecule has 2 aliphatic rings. The van der Waals surface area contributed by atoms with Gasteiger partial charge in [-0.15, -0.1) is 11.3 Å². The smallest absolute Gasteiger partial charge is 0.318 e. The lowest BCUT2D eigenvalue weighted by molar-refractivity contribution is 0.180. The third kappa shape index (κ3) is 4.10. The number of carbonyl (C=O) groups is 1. The van der Waals surface area contributed by atoms with Crippen LogP contribution < -0.4 is 5.32 Å². The van der Waals surface area contributed by atoms with E-state index in [2.05, 4.69) is 28.0 Å². The fourth-order valence-corrected chi connectivity index (χ4v) is 6.67. The first-order chi connectivity index (χ1) is 17.5. The molecule has 0 unspecified atom stereocenters. The Balaban J connectivity index is 1.42. The van der Waals surface area contributed by atoms with E-state index in [1.54, 1.807) is 35.6 Å². The van der Waals surface area contributed by atoms with Crippen LogP contribution >= 0.6 is 11.3 Å². The van der Waals surface area contributed by atoms with Gasteiger partial charge in [-0.25, -0.2) is 13.6 Å². The van der Waals surface area contributed by atoms with E-state index in [1.165, 1.54) is 40.3 Å². The van der Waals surface area contributed by atoms with E-state index < -0.39 is 6.04 Å². The molecular weight excluding hydrogens is 478 g/mol. The summed E-state index contributed by atoms with van der Waals surface area (Å²) in [6, 6.07) is 15.9. The van der Waals surface area contributed by atoms with Gasteiger partial charge in [0.05, 0.1) is 18.3 Å². The highest BCUT2D eigenvalue weighted by Gasteiger charge is 2.36. The lowest BCUT2D eigenvalue weighted by Gasteiger charge is -2.32. The van der Waals surface area contributed by atoms with Gasteiger partial charge in [0.2, 0.25) is 0 Å². The van der Waals surface area contributed by atoms with Crippen LogP contribution in [0, 0.1) is 11.6 Å². The standard InChI is InChI=1S/C28H26F2N4OS/c1-32-14-12-22-23-16-34(28(35)31-15-18-4-8-20(29)9-5-18)26(19-6-10-21(30)11-7-19)24-3-2-13-33(24)27(23)36-25(22)17-32/h2-11,13,26H,12,14-17H2,1H3,(H,31,35)/t26-/m0/s1. The number of aromatic nitrogens is 1. The first kappa shape index (κ1) is 22.9. The number of urea groups is 1. The van der Waals surface area contributed by atoms with Gasteiger partial charge in [0, 0.05) is 36.3 Å². The summed E-state index contributed by atoms with van der Waals surface area (Å²) in [4.78, 5) is 19.3. The van der Waals surface area contributed by atoms with Crippen LogP contribution in [-0.2, 0) is 26.1 Å². The Hall–Kier alpha value is -3.49. The molecule has 4 aromatic rings. The summed E-state index contributed by atoms with van der Waals surface area (Å²) >= 11 is 1.79. The topological polar surface area (TPSA) is 40.5 Å². The maximum atomic E-state index is 13.8. The molecule has 0 fully saturated rings. The van der Waals surface area contributed by atoms with E-state index in [4.69, 9.17) is 0 Å². The number of carbonyl (C=O) groups excluding carboxylic acids is 1. The van der Waals surface area contributed by atoms with Crippen molar-refractivity contribution in [2.75, 3.05) is 13.6 Å². The number of nitrogens with one attached hydrogen (secondary N) is 1. The van der Waals surface area contributed by atoms with Gasteiger partial charge >= 0.3 is 6.03 Å². The molecule has 2 amide bonds. The van der Waals surface area contributed by atoms with Crippen LogP contribution in [0.5, 0.6) is 0 Å². The van der Waals surface area contributed by atoms with Gasteiger partial charge in [-0.2, -0.15) is 0 Å². The summed E-state index contributed by atoms with van der Waals surface area (Å²) < 4.78 is 29.4. The minimum absolute atomic E-state index is 0.220. The molecule has 1 N–H and O–H groups in total. The van der Waals surface area contributed by atoms with Crippen LogP contribution in [0.1, 0.15) is 38.9 Å². The molecule has 1 atom stereocenters. The molecular formula is C28H26F2N4OS. The Morgan fingerprint density at radius 1 is 1.00 bits per heavy atom. The van der Waals surface area contributed by atoms with E-state index in [1.807, 2.05) is 17.0 Å². The second-order valence-corrected chi connectivity index (χ2v) is 10.5. The van der Waals surface area contributed by atoms with E-state index in [9.17, 15) is 13.6 Å². The molecule has 0 bridgehead atoms. The van der Waals surface area contributed by atoms with Gasteiger partial charge in [0.15, 0.2) is 0 Å². The van der Waals surface area contributed by atoms with Gasteiger partial charge < -0.3 is 19.7 Å². The van der Waals surface area contributed by atoms with Crippen molar-refractivity contribution in [1.29, 1.82) is 0 Å². The van der Waals surface area contributed by atoms with Crippen molar-refractivity contribution in [3.63, 3.8) is 0 Å². The number of thiophene rings is 1. The molecule has 0 radical (unpaired) electrons. The molecule has 2 aromatic carbocycles. The van der Waals surface area contributed by atoms with Crippen LogP contribution in [0.25, 0.3) is 5.00 Å². The van der Waals surface area contributed by atoms with Gasteiger partial charge in [-0.1, -0.05) is 24.3 Å². The molecule has 4 heterocycles. The average Bonchev–Trinajstić information content (AvgIpc) is 3.45. The minimum Gasteiger partial charge on any atom is -0.334 e. The number of fused-ring (bicyclic) bond motifs is 5. The number of hydrogen-bond acceptors (Lipinski definition) is 3. The molecule has 2 aromatic heterocycles. The van der Waals surface area contributed by atoms with Crippen LogP contribution in [0.15, 0.2) is 66.9 Å². The number of benzene rings is 2. The highest BCUT2D eigenvalue weighted by Crippen LogP contribution is 2.43. The summed E-state index contributed by atoms with van der Waals surface area (Å²) in [6.45, 7) is 2.62. The zero-order valence-electron chi connectivity index (χ0n) is 19.9. The predicted molar refractivity (Wildman–Crippen MR) is 136 cm³/mol. The number of nitrogens with zero attached hydrogens (tertiary/aromatic N) is 3. The second-order valence-electron chi connectivity index (χ2n) is 9.45. The normalized spacial score (nSPS) is 17.2. The Morgan fingerprint density at radius 2 is 1.72 bits per heavy atom. The van der Waals surface area contributed by atoms with Crippen molar-refractivity contribution in [1.82, 2.24) is 19.7 Å². The van der Waals surface area contributed by atoms with Crippen LogP contribution in [0.2, 0.25) is 0 Å². The fraction of sp³-hybridized carbons (Fsp3) is 0.250. The first-order valence-corrected chi connectivity index (χ1v) is 12.8. The zero-order valence-corrected chi connectivity index (χ0v) is 20.7. The molecule has 0 saturated carbocycles. The maximum absolute atomic E-state index is 13.8. The van der Waals surface area contributed by atoms with Crippen LogP contribution in [0.4, 0.5) is 13.6 Å². The summed E-state index contributed by atoms with van der Waals surface area (Å²) in [5.41, 5.74) is 5.14. The molecule has 0 saturated heterocycles. The Bertz CT molecular complexity index is 1410. The van der Waals surface area contributed by atoms with Crippen molar-refractivity contribution in [2.24, 2.45) is 0 Å². The van der Waals surface area contributed by atoms with Gasteiger partial charge in [0.1, 0.15) is 16.6 Å². The largest absolute Gasteiger partial charge is 0.334 e. The van der Waals surface area contributed by atoms with Crippen molar-refractivity contribution in [2.45, 2.75) is 32.1 Å². The van der Waals surface area contributed by atoms with Gasteiger partial charge in [0.25, 0.3) is 0 Å². The highest BCUT2D eigenvalue weighted by molar-refractivity contribution is 7.15. The molecule has 2 aliphatic heterocycles. The summed E-state index contributed by atoms with van der Waals surface area (Å²) in [6.07, 6.45) is 3.00. The van der Waals surface area contributed by atoms with Crippen molar-refractivity contribution >= 4 is 17.4 Å². The van der Waals surface area contributed by atoms with Crippen LogP contribution in [0.3, 0.4) is 0 Å². The number of amides is 2. The van der Waals surface area contributed by atoms with E-state index >= 15 is 0 Å². The van der Waals surface area contributed by atoms with Gasteiger partial charge in [-0.3, -0.25) is 0 Å². The molecule has 0 spiro atoms. The second kappa shape index (κ2) is 9.19. The monoisotopic (exact) mass is 504 g/mol. The lowest BCUT2D eigenvalue weighted by Crippen LogP contribution is -2.42. The molecule has 36 heavy (non-hydrogen) atoms. The summed E-state index contributed by atoms with van der Waals surface area (Å²) in [5.74, 6) is -0.623. The Labute approximate surface area is 212 Å². The third-order valence-electron chi connectivity index (χ3n) is 7.06. The fourth-order valence-electron chi connectivity index (χ4n) is 5.23. The third-order valence-corrected chi connectivity index (χ3v) is 8.32. The highest BCUT2D eigenvalue weighted by atomic mass is 32.1. The van der Waals surface area contributed by atoms with Crippen molar-refractivity contribution in [3.05, 3.63) is 111 Å². The summed E-state index contributed by atoms with van der Waals surface area (Å²) in [5, 5.41) is 4.19. The van der Waals surface area contributed by atoms with Crippen molar-refractivity contribution in [3.8, 4) is 5.00 Å². The number of hydrogen-bond donors (Lipinski definition) is 1. The minimum atomic E-state index is -0.393.